The Morgan fingerprint density at radius 1 is 1.24 bits per heavy atom. The number of benzene rings is 1. The van der Waals surface area contributed by atoms with Crippen LogP contribution in [-0.2, 0) is 22.7 Å². The van der Waals surface area contributed by atoms with Crippen molar-refractivity contribution in [2.24, 2.45) is 0 Å². The van der Waals surface area contributed by atoms with Gasteiger partial charge in [-0.15, -0.1) is 0 Å². The van der Waals surface area contributed by atoms with Crippen molar-refractivity contribution in [1.82, 2.24) is 24.7 Å². The summed E-state index contributed by atoms with van der Waals surface area (Å²) in [7, 11) is 0. The minimum absolute atomic E-state index is 0.0583. The molecule has 2 aliphatic rings. The van der Waals surface area contributed by atoms with Crippen LogP contribution in [0.3, 0.4) is 0 Å². The van der Waals surface area contributed by atoms with Crippen molar-refractivity contribution in [3.8, 4) is 0 Å². The average molecular weight is 341 g/mol. The van der Waals surface area contributed by atoms with Gasteiger partial charge >= 0.3 is 11.8 Å². The first kappa shape index (κ1) is 16.1. The second-order valence-electron chi connectivity index (χ2n) is 6.77. The molecule has 25 heavy (non-hydrogen) atoms. The first-order valence-corrected chi connectivity index (χ1v) is 8.92. The highest BCUT2D eigenvalue weighted by Gasteiger charge is 2.37. The van der Waals surface area contributed by atoms with Gasteiger partial charge < -0.3 is 14.8 Å². The lowest BCUT2D eigenvalue weighted by Crippen LogP contribution is -2.65. The van der Waals surface area contributed by atoms with Gasteiger partial charge in [-0.1, -0.05) is 19.1 Å². The average Bonchev–Trinajstić information content (AvgIpc) is 2.96. The molecule has 7 nitrogen and oxygen atoms in total. The number of fused-ring (bicyclic) bond motifs is 2. The highest BCUT2D eigenvalue weighted by Crippen LogP contribution is 2.20. The molecule has 1 unspecified atom stereocenters. The Balaban J connectivity index is 1.53. The van der Waals surface area contributed by atoms with Crippen molar-refractivity contribution in [3.05, 3.63) is 30.1 Å². The maximum absolute atomic E-state index is 12.0. The Morgan fingerprint density at radius 3 is 2.92 bits per heavy atom. The molecule has 2 saturated heterocycles. The van der Waals surface area contributed by atoms with E-state index >= 15 is 0 Å². The van der Waals surface area contributed by atoms with Gasteiger partial charge in [-0.25, -0.2) is 4.98 Å². The summed E-state index contributed by atoms with van der Waals surface area (Å²) in [6.45, 7) is 6.56. The number of carbonyl (C=O) groups excluding carboxylic acids is 2. The molecule has 0 spiro atoms. The predicted octanol–water partition coefficient (Wildman–Crippen LogP) is 0.589. The fourth-order valence-corrected chi connectivity index (χ4v) is 3.84. The van der Waals surface area contributed by atoms with Gasteiger partial charge in [0.05, 0.1) is 23.6 Å². The van der Waals surface area contributed by atoms with Crippen LogP contribution >= 0.6 is 0 Å². The normalized spacial score (nSPS) is 21.5. The largest absolute Gasteiger partial charge is 0.346 e. The summed E-state index contributed by atoms with van der Waals surface area (Å²) >= 11 is 0. The molecule has 2 amide bonds. The van der Waals surface area contributed by atoms with Crippen LogP contribution in [0.4, 0.5) is 0 Å². The van der Waals surface area contributed by atoms with E-state index in [1.165, 1.54) is 5.52 Å². The number of nitrogens with one attached hydrogen (secondary N) is 1. The molecule has 132 valence electrons. The Hall–Kier alpha value is -2.41. The number of hydrogen-bond donors (Lipinski definition) is 1. The third kappa shape index (κ3) is 2.89. The highest BCUT2D eigenvalue weighted by molar-refractivity contribution is 6.35. The number of para-hydroxylation sites is 2. The van der Waals surface area contributed by atoms with E-state index in [2.05, 4.69) is 39.9 Å². The van der Waals surface area contributed by atoms with Gasteiger partial charge in [0.2, 0.25) is 0 Å². The summed E-state index contributed by atoms with van der Waals surface area (Å²) in [6, 6.07) is 8.30. The molecule has 0 bridgehead atoms. The summed E-state index contributed by atoms with van der Waals surface area (Å²) in [6.07, 6.45) is 1.06. The second-order valence-corrected chi connectivity index (χ2v) is 6.77. The van der Waals surface area contributed by atoms with Crippen molar-refractivity contribution >= 4 is 22.8 Å². The fraction of sp³-hybridized carbons (Fsp3) is 0.500. The van der Waals surface area contributed by atoms with E-state index in [0.717, 1.165) is 43.9 Å². The molecular weight excluding hydrogens is 318 g/mol. The quantitative estimate of drug-likeness (QED) is 0.827. The number of hydrogen-bond acceptors (Lipinski definition) is 4. The molecule has 0 aliphatic carbocycles. The maximum Gasteiger partial charge on any atom is 0.312 e. The van der Waals surface area contributed by atoms with Gasteiger partial charge in [0.1, 0.15) is 5.82 Å². The first-order valence-electron chi connectivity index (χ1n) is 8.92. The maximum atomic E-state index is 12.0. The lowest BCUT2D eigenvalue weighted by atomic mass is 10.1. The molecule has 2 aromatic rings. The van der Waals surface area contributed by atoms with Gasteiger partial charge in [0.25, 0.3) is 0 Å². The number of piperazine rings is 2. The molecule has 1 aromatic heterocycles. The zero-order valence-electron chi connectivity index (χ0n) is 14.4. The molecule has 0 radical (unpaired) electrons. The zero-order valence-corrected chi connectivity index (χ0v) is 14.4. The molecule has 2 aliphatic heterocycles. The minimum atomic E-state index is -0.477. The van der Waals surface area contributed by atoms with Crippen molar-refractivity contribution in [2.45, 2.75) is 32.5 Å². The van der Waals surface area contributed by atoms with Crippen LogP contribution in [0.1, 0.15) is 19.2 Å². The Kier molecular flexibility index (Phi) is 4.17. The predicted molar refractivity (Wildman–Crippen MR) is 93.8 cm³/mol. The molecule has 2 fully saturated rings. The zero-order chi connectivity index (χ0) is 17.4. The van der Waals surface area contributed by atoms with E-state index in [1.807, 2.05) is 6.07 Å². The number of rotatable bonds is 4. The third-order valence-electron chi connectivity index (χ3n) is 5.07. The van der Waals surface area contributed by atoms with Gasteiger partial charge in [-0.3, -0.25) is 14.5 Å². The monoisotopic (exact) mass is 341 g/mol. The summed E-state index contributed by atoms with van der Waals surface area (Å²) in [5, 5.41) is 2.69. The number of amides is 2. The molecule has 0 saturated carbocycles. The summed E-state index contributed by atoms with van der Waals surface area (Å²) in [5.74, 6) is 0.200. The molecule has 1 atom stereocenters. The number of aryl methyl sites for hydroxylation is 1. The fourth-order valence-electron chi connectivity index (χ4n) is 3.84. The summed E-state index contributed by atoms with van der Waals surface area (Å²) < 4.78 is 2.30. The standard InChI is InChI=1S/C18H23N5O2/c1-2-7-23-15-6-4-3-5-14(15)20-16(23)12-21-8-9-22-13(11-21)10-19-17(24)18(22)25/h3-6,13H,2,7-12H2,1H3,(H,19,24). The van der Waals surface area contributed by atoms with Gasteiger partial charge in [-0.05, 0) is 18.6 Å². The van der Waals surface area contributed by atoms with Crippen LogP contribution in [0, 0.1) is 0 Å². The van der Waals surface area contributed by atoms with E-state index in [1.54, 1.807) is 4.90 Å². The van der Waals surface area contributed by atoms with E-state index in [0.29, 0.717) is 13.1 Å². The molecule has 4 rings (SSSR count). The van der Waals surface area contributed by atoms with E-state index < -0.39 is 11.8 Å². The minimum Gasteiger partial charge on any atom is -0.346 e. The smallest absolute Gasteiger partial charge is 0.312 e. The molecule has 3 heterocycles. The lowest BCUT2D eigenvalue weighted by Gasteiger charge is -2.43. The van der Waals surface area contributed by atoms with E-state index in [9.17, 15) is 9.59 Å². The van der Waals surface area contributed by atoms with Crippen LogP contribution in [0.25, 0.3) is 11.0 Å². The van der Waals surface area contributed by atoms with Crippen molar-refractivity contribution < 1.29 is 9.59 Å². The van der Waals surface area contributed by atoms with Crippen molar-refractivity contribution in [1.29, 1.82) is 0 Å². The topological polar surface area (TPSA) is 70.5 Å². The highest BCUT2D eigenvalue weighted by atomic mass is 16.2. The number of imidazole rings is 1. The van der Waals surface area contributed by atoms with Crippen LogP contribution in [0.5, 0.6) is 0 Å². The molecule has 7 heteroatoms. The van der Waals surface area contributed by atoms with Crippen LogP contribution in [0.15, 0.2) is 24.3 Å². The SMILES string of the molecule is CCCn1c(CN2CCN3C(=O)C(=O)NCC3C2)nc2ccccc21. The van der Waals surface area contributed by atoms with Gasteiger partial charge in [-0.2, -0.15) is 0 Å². The molecule has 1 aromatic carbocycles. The number of nitrogens with zero attached hydrogens (tertiary/aromatic N) is 4. The van der Waals surface area contributed by atoms with Crippen LogP contribution in [-0.4, -0.2) is 63.4 Å². The van der Waals surface area contributed by atoms with Gasteiger partial charge in [0, 0.05) is 32.7 Å². The summed E-state index contributed by atoms with van der Waals surface area (Å²) in [5.41, 5.74) is 2.21. The van der Waals surface area contributed by atoms with E-state index in [-0.39, 0.29) is 6.04 Å². The Labute approximate surface area is 146 Å². The second kappa shape index (κ2) is 6.48. The lowest BCUT2D eigenvalue weighted by molar-refractivity contribution is -0.152. The Morgan fingerprint density at radius 2 is 2.08 bits per heavy atom. The van der Waals surface area contributed by atoms with Crippen LogP contribution in [0.2, 0.25) is 0 Å². The van der Waals surface area contributed by atoms with Gasteiger partial charge in [0.15, 0.2) is 0 Å². The number of carbonyl (C=O) groups is 2. The van der Waals surface area contributed by atoms with Crippen LogP contribution < -0.4 is 5.32 Å². The summed E-state index contributed by atoms with van der Waals surface area (Å²) in [4.78, 5) is 32.3. The molecular formula is C18H23N5O2. The van der Waals surface area contributed by atoms with Crippen molar-refractivity contribution in [3.63, 3.8) is 0 Å². The third-order valence-corrected chi connectivity index (χ3v) is 5.07. The number of aromatic nitrogens is 2. The van der Waals surface area contributed by atoms with Crippen molar-refractivity contribution in [2.75, 3.05) is 26.2 Å². The Bertz CT molecular complexity index is 815. The van der Waals surface area contributed by atoms with E-state index in [4.69, 9.17) is 4.98 Å². The molecule has 1 N–H and O–H groups in total. The first-order chi connectivity index (χ1) is 12.2.